The molecule has 1 saturated carbocycles. The lowest BCUT2D eigenvalue weighted by molar-refractivity contribution is -0.162. The summed E-state index contributed by atoms with van der Waals surface area (Å²) in [6.45, 7) is 9.85. The van der Waals surface area contributed by atoms with Crippen molar-refractivity contribution in [3.05, 3.63) is 17.7 Å². The highest BCUT2D eigenvalue weighted by Gasteiger charge is 2.32. The Kier molecular flexibility index (Phi) is 6.78. The molecule has 2 aliphatic rings. The summed E-state index contributed by atoms with van der Waals surface area (Å²) in [5, 5.41) is 0. The summed E-state index contributed by atoms with van der Waals surface area (Å²) in [6.07, 6.45) is 3.31. The van der Waals surface area contributed by atoms with Gasteiger partial charge in [0.25, 0.3) is 0 Å². The van der Waals surface area contributed by atoms with Gasteiger partial charge in [0.05, 0.1) is 19.1 Å². The first-order valence-corrected chi connectivity index (χ1v) is 10.2. The number of carbonyl (C=O) groups excluding carboxylic acids is 1. The Hall–Kier alpha value is -1.86. The van der Waals surface area contributed by atoms with Crippen LogP contribution in [0, 0.1) is 5.92 Å². The van der Waals surface area contributed by atoms with E-state index in [1.165, 1.54) is 0 Å². The molecule has 1 saturated heterocycles. The maximum absolute atomic E-state index is 12.4. The molecule has 28 heavy (non-hydrogen) atoms. The molecule has 2 heterocycles. The van der Waals surface area contributed by atoms with Crippen LogP contribution < -0.4 is 10.5 Å². The molecule has 1 aromatic rings. The maximum Gasteiger partial charge on any atom is 0.309 e. The second-order valence-electron chi connectivity index (χ2n) is 8.76. The van der Waals surface area contributed by atoms with E-state index in [1.54, 1.807) is 0 Å². The molecular weight excluding hydrogens is 358 g/mol. The number of nitrogen functional groups attached to an aromatic ring is 1. The van der Waals surface area contributed by atoms with Crippen LogP contribution in [0.25, 0.3) is 0 Å². The second kappa shape index (κ2) is 9.09. The van der Waals surface area contributed by atoms with E-state index in [0.717, 1.165) is 57.7 Å². The number of aromatic nitrogens is 1. The molecule has 0 spiro atoms. The van der Waals surface area contributed by atoms with Gasteiger partial charge >= 0.3 is 5.97 Å². The average Bonchev–Trinajstić information content (AvgIpc) is 2.61. The van der Waals surface area contributed by atoms with E-state index < -0.39 is 5.60 Å². The van der Waals surface area contributed by atoms with Crippen LogP contribution in [0.15, 0.2) is 12.1 Å². The fourth-order valence-corrected chi connectivity index (χ4v) is 3.77. The van der Waals surface area contributed by atoms with Crippen LogP contribution >= 0.6 is 0 Å². The summed E-state index contributed by atoms with van der Waals surface area (Å²) in [4.78, 5) is 19.1. The molecule has 0 aromatic carbocycles. The lowest BCUT2D eigenvalue weighted by Gasteiger charge is -2.30. The second-order valence-corrected chi connectivity index (χ2v) is 8.76. The van der Waals surface area contributed by atoms with Crippen LogP contribution in [0.4, 0.5) is 5.82 Å². The van der Waals surface area contributed by atoms with E-state index in [0.29, 0.717) is 18.1 Å². The molecule has 0 amide bonds. The van der Waals surface area contributed by atoms with E-state index >= 15 is 0 Å². The molecule has 2 fully saturated rings. The van der Waals surface area contributed by atoms with Crippen LogP contribution in [0.2, 0.25) is 0 Å². The predicted octanol–water partition coefficient (Wildman–Crippen LogP) is 2.78. The molecule has 1 aliphatic heterocycles. The zero-order chi connectivity index (χ0) is 20.1. The predicted molar refractivity (Wildman–Crippen MR) is 107 cm³/mol. The van der Waals surface area contributed by atoms with Gasteiger partial charge < -0.3 is 19.9 Å². The largest absolute Gasteiger partial charge is 0.474 e. The molecule has 2 atom stereocenters. The quantitative estimate of drug-likeness (QED) is 0.772. The highest BCUT2D eigenvalue weighted by atomic mass is 16.6. The summed E-state index contributed by atoms with van der Waals surface area (Å²) in [7, 11) is 0. The molecule has 0 bridgehead atoms. The van der Waals surface area contributed by atoms with Crippen molar-refractivity contribution in [2.75, 3.05) is 32.0 Å². The zero-order valence-corrected chi connectivity index (χ0v) is 17.3. The number of ether oxygens (including phenoxy) is 3. The summed E-state index contributed by atoms with van der Waals surface area (Å²) >= 11 is 0. The van der Waals surface area contributed by atoms with Crippen molar-refractivity contribution in [3.8, 4) is 5.88 Å². The number of pyridine rings is 1. The van der Waals surface area contributed by atoms with Gasteiger partial charge in [0.1, 0.15) is 17.5 Å². The number of anilines is 1. The highest BCUT2D eigenvalue weighted by Crippen LogP contribution is 2.30. The number of nitrogens with two attached hydrogens (primary N) is 1. The molecule has 1 aliphatic carbocycles. The molecule has 3 rings (SSSR count). The van der Waals surface area contributed by atoms with Crippen LogP contribution in [-0.4, -0.2) is 53.9 Å². The van der Waals surface area contributed by atoms with Gasteiger partial charge in [-0.05, 0) is 58.1 Å². The summed E-state index contributed by atoms with van der Waals surface area (Å²) in [5.41, 5.74) is 6.63. The third kappa shape index (κ3) is 6.34. The van der Waals surface area contributed by atoms with Crippen LogP contribution in [0.1, 0.15) is 52.0 Å². The first-order chi connectivity index (χ1) is 13.3. The van der Waals surface area contributed by atoms with Crippen LogP contribution in [0.5, 0.6) is 5.88 Å². The normalized spacial score (nSPS) is 24.0. The highest BCUT2D eigenvalue weighted by molar-refractivity contribution is 5.73. The van der Waals surface area contributed by atoms with Crippen LogP contribution in [0.3, 0.4) is 0 Å². The SMILES string of the molecule is CC(C)(C)OC(=O)C1CCC[C@H](Oc2cc(CN3CCOCC3)cc(N)n2)C1. The Labute approximate surface area is 167 Å². The van der Waals surface area contributed by atoms with E-state index in [9.17, 15) is 4.79 Å². The van der Waals surface area contributed by atoms with Gasteiger partial charge in [-0.15, -0.1) is 0 Å². The number of esters is 1. The smallest absolute Gasteiger partial charge is 0.309 e. The standard InChI is InChI=1S/C21H33N3O4/c1-21(2,3)28-20(25)16-5-4-6-17(13-16)27-19-12-15(11-18(22)23-19)14-24-7-9-26-10-8-24/h11-12,16-17H,4-10,13-14H2,1-3H3,(H2,22,23)/t16?,17-/m0/s1. The minimum atomic E-state index is -0.464. The van der Waals surface area contributed by atoms with Gasteiger partial charge in [-0.2, -0.15) is 4.98 Å². The van der Waals surface area contributed by atoms with Crippen molar-refractivity contribution in [1.29, 1.82) is 0 Å². The Bertz CT molecular complexity index is 668. The monoisotopic (exact) mass is 391 g/mol. The van der Waals surface area contributed by atoms with Gasteiger partial charge in [-0.3, -0.25) is 9.69 Å². The van der Waals surface area contributed by atoms with E-state index in [4.69, 9.17) is 19.9 Å². The Morgan fingerprint density at radius 3 is 2.75 bits per heavy atom. The minimum absolute atomic E-state index is 0.0446. The van der Waals surface area contributed by atoms with Crippen molar-refractivity contribution in [1.82, 2.24) is 9.88 Å². The molecule has 2 N–H and O–H groups in total. The molecule has 7 heteroatoms. The summed E-state index contributed by atoms with van der Waals surface area (Å²) in [6, 6.07) is 3.86. The van der Waals surface area contributed by atoms with Crippen molar-refractivity contribution in [2.24, 2.45) is 5.92 Å². The van der Waals surface area contributed by atoms with Gasteiger partial charge in [0, 0.05) is 25.7 Å². The third-order valence-corrected chi connectivity index (χ3v) is 5.04. The molecule has 7 nitrogen and oxygen atoms in total. The van der Waals surface area contributed by atoms with Crippen molar-refractivity contribution in [2.45, 2.75) is 64.7 Å². The topological polar surface area (TPSA) is 86.9 Å². The van der Waals surface area contributed by atoms with Crippen LogP contribution in [-0.2, 0) is 20.8 Å². The Balaban J connectivity index is 1.60. The Morgan fingerprint density at radius 2 is 2.04 bits per heavy atom. The first kappa shape index (κ1) is 20.9. The van der Waals surface area contributed by atoms with Gasteiger partial charge in [-0.1, -0.05) is 0 Å². The number of carbonyl (C=O) groups is 1. The maximum atomic E-state index is 12.4. The summed E-state index contributed by atoms with van der Waals surface area (Å²) in [5.74, 6) is 0.750. The number of rotatable bonds is 5. The fourth-order valence-electron chi connectivity index (χ4n) is 3.77. The number of hydrogen-bond acceptors (Lipinski definition) is 7. The zero-order valence-electron chi connectivity index (χ0n) is 17.3. The average molecular weight is 392 g/mol. The first-order valence-electron chi connectivity index (χ1n) is 10.2. The molecular formula is C21H33N3O4. The third-order valence-electron chi connectivity index (χ3n) is 5.04. The lowest BCUT2D eigenvalue weighted by Crippen LogP contribution is -2.35. The number of nitrogens with zero attached hydrogens (tertiary/aromatic N) is 2. The lowest BCUT2D eigenvalue weighted by atomic mass is 9.87. The fraction of sp³-hybridized carbons (Fsp3) is 0.714. The van der Waals surface area contributed by atoms with Crippen molar-refractivity contribution < 1.29 is 19.0 Å². The van der Waals surface area contributed by atoms with E-state index in [1.807, 2.05) is 32.9 Å². The van der Waals surface area contributed by atoms with E-state index in [-0.39, 0.29) is 18.0 Å². The number of hydrogen-bond donors (Lipinski definition) is 1. The minimum Gasteiger partial charge on any atom is -0.474 e. The van der Waals surface area contributed by atoms with Gasteiger partial charge in [-0.25, -0.2) is 0 Å². The molecule has 0 radical (unpaired) electrons. The summed E-state index contributed by atoms with van der Waals surface area (Å²) < 4.78 is 17.1. The molecule has 1 aromatic heterocycles. The Morgan fingerprint density at radius 1 is 1.29 bits per heavy atom. The number of morpholine rings is 1. The van der Waals surface area contributed by atoms with Crippen molar-refractivity contribution in [3.63, 3.8) is 0 Å². The van der Waals surface area contributed by atoms with Gasteiger partial charge in [0.15, 0.2) is 0 Å². The molecule has 1 unspecified atom stereocenters. The van der Waals surface area contributed by atoms with Gasteiger partial charge in [0.2, 0.25) is 5.88 Å². The molecule has 156 valence electrons. The van der Waals surface area contributed by atoms with E-state index in [2.05, 4.69) is 9.88 Å². The van der Waals surface area contributed by atoms with Crippen molar-refractivity contribution >= 4 is 11.8 Å².